The Hall–Kier alpha value is -2.40. The molecule has 1 aliphatic carbocycles. The maximum atomic E-state index is 12.4. The molecule has 2 aromatic rings. The number of rotatable bonds is 5. The van der Waals surface area contributed by atoms with Gasteiger partial charge in [0, 0.05) is 12.4 Å². The number of carboxylic acid groups (broad SMARTS) is 1. The molecule has 3 rings (SSSR count). The lowest BCUT2D eigenvalue weighted by Crippen LogP contribution is -2.42. The molecule has 2 unspecified atom stereocenters. The van der Waals surface area contributed by atoms with E-state index in [1.54, 1.807) is 0 Å². The van der Waals surface area contributed by atoms with E-state index in [9.17, 15) is 14.7 Å². The zero-order chi connectivity index (χ0) is 17.8. The molecule has 5 nitrogen and oxygen atoms in total. The third-order valence-electron chi connectivity index (χ3n) is 4.63. The third-order valence-corrected chi connectivity index (χ3v) is 4.94. The number of fused-ring (bicyclic) bond motifs is 1. The van der Waals surface area contributed by atoms with Gasteiger partial charge < -0.3 is 10.4 Å². The maximum Gasteiger partial charge on any atom is 0.326 e. The second-order valence-corrected chi connectivity index (χ2v) is 6.65. The van der Waals surface area contributed by atoms with Crippen LogP contribution in [0, 0.1) is 0 Å². The number of nitrogens with zero attached hydrogens (tertiary/aromatic N) is 1. The van der Waals surface area contributed by atoms with Gasteiger partial charge in [0.2, 0.25) is 0 Å². The van der Waals surface area contributed by atoms with Crippen LogP contribution in [-0.2, 0) is 11.2 Å². The summed E-state index contributed by atoms with van der Waals surface area (Å²) < 4.78 is 0. The smallest absolute Gasteiger partial charge is 0.326 e. The molecule has 0 radical (unpaired) electrons. The lowest BCUT2D eigenvalue weighted by atomic mass is 9.79. The van der Waals surface area contributed by atoms with E-state index >= 15 is 0 Å². The fourth-order valence-electron chi connectivity index (χ4n) is 3.40. The van der Waals surface area contributed by atoms with Crippen LogP contribution >= 0.6 is 11.6 Å². The normalized spacial score (nSPS) is 17.4. The van der Waals surface area contributed by atoms with Crippen molar-refractivity contribution in [1.29, 1.82) is 0 Å². The first kappa shape index (κ1) is 17.4. The molecule has 1 aromatic carbocycles. The molecule has 6 heteroatoms. The van der Waals surface area contributed by atoms with Gasteiger partial charge in [-0.25, -0.2) is 4.79 Å². The van der Waals surface area contributed by atoms with Crippen LogP contribution in [0.2, 0.25) is 5.02 Å². The first-order valence-corrected chi connectivity index (χ1v) is 8.65. The Morgan fingerprint density at radius 3 is 2.88 bits per heavy atom. The van der Waals surface area contributed by atoms with Gasteiger partial charge in [0.15, 0.2) is 0 Å². The number of carbonyl (C=O) groups excluding carboxylic acids is 1. The first-order valence-electron chi connectivity index (χ1n) is 8.27. The van der Waals surface area contributed by atoms with Crippen LogP contribution in [0.1, 0.15) is 46.7 Å². The highest BCUT2D eigenvalue weighted by molar-refractivity contribution is 6.33. The predicted molar refractivity (Wildman–Crippen MR) is 94.9 cm³/mol. The van der Waals surface area contributed by atoms with Crippen LogP contribution in [-0.4, -0.2) is 28.0 Å². The van der Waals surface area contributed by atoms with E-state index in [0.717, 1.165) is 19.3 Å². The summed E-state index contributed by atoms with van der Waals surface area (Å²) in [6, 6.07) is 8.64. The third kappa shape index (κ3) is 3.99. The Labute approximate surface area is 151 Å². The minimum atomic E-state index is -1.04. The Morgan fingerprint density at radius 1 is 1.32 bits per heavy atom. The topological polar surface area (TPSA) is 79.3 Å². The van der Waals surface area contributed by atoms with Crippen molar-refractivity contribution in [2.45, 2.75) is 37.6 Å². The van der Waals surface area contributed by atoms with Gasteiger partial charge in [0.1, 0.15) is 6.04 Å². The molecule has 1 heterocycles. The standard InChI is InChI=1S/C19H19ClN2O3/c20-16-11-21-9-8-15(16)18(23)22-17(19(24)25)10-13-6-3-5-12-4-1-2-7-14(12)13/h1-2,4,7-9,11,13,17H,3,5-6,10H2,(H,22,23)(H,24,25). The number of pyridine rings is 1. The van der Waals surface area contributed by atoms with Gasteiger partial charge in [-0.15, -0.1) is 0 Å². The SMILES string of the molecule is O=C(NC(CC1CCCc2ccccc21)C(=O)O)c1ccncc1Cl. The van der Waals surface area contributed by atoms with Crippen molar-refractivity contribution in [3.8, 4) is 0 Å². The Morgan fingerprint density at radius 2 is 2.12 bits per heavy atom. The number of nitrogens with one attached hydrogen (secondary N) is 1. The molecule has 130 valence electrons. The summed E-state index contributed by atoms with van der Waals surface area (Å²) in [5.74, 6) is -1.41. The van der Waals surface area contributed by atoms with E-state index in [2.05, 4.69) is 22.4 Å². The van der Waals surface area contributed by atoms with Crippen LogP contribution in [0.15, 0.2) is 42.7 Å². The highest BCUT2D eigenvalue weighted by Gasteiger charge is 2.28. The largest absolute Gasteiger partial charge is 0.480 e. The van der Waals surface area contributed by atoms with Gasteiger partial charge in [0.25, 0.3) is 5.91 Å². The number of aryl methyl sites for hydroxylation is 1. The lowest BCUT2D eigenvalue weighted by Gasteiger charge is -2.28. The number of aromatic nitrogens is 1. The van der Waals surface area contributed by atoms with Gasteiger partial charge in [-0.3, -0.25) is 9.78 Å². The van der Waals surface area contributed by atoms with Crippen molar-refractivity contribution in [3.63, 3.8) is 0 Å². The van der Waals surface area contributed by atoms with Gasteiger partial charge in [-0.1, -0.05) is 35.9 Å². The summed E-state index contributed by atoms with van der Waals surface area (Å²) in [6.07, 6.45) is 6.15. The second kappa shape index (κ2) is 7.66. The number of benzene rings is 1. The molecule has 2 atom stereocenters. The summed E-state index contributed by atoms with van der Waals surface area (Å²) in [5, 5.41) is 12.4. The number of carbonyl (C=O) groups is 2. The van der Waals surface area contributed by atoms with Crippen molar-refractivity contribution in [2.75, 3.05) is 0 Å². The van der Waals surface area contributed by atoms with Crippen molar-refractivity contribution in [3.05, 3.63) is 64.4 Å². The van der Waals surface area contributed by atoms with Crippen LogP contribution < -0.4 is 5.32 Å². The average Bonchev–Trinajstić information content (AvgIpc) is 2.61. The fourth-order valence-corrected chi connectivity index (χ4v) is 3.61. The van der Waals surface area contributed by atoms with E-state index in [1.165, 1.54) is 29.6 Å². The van der Waals surface area contributed by atoms with E-state index in [-0.39, 0.29) is 16.5 Å². The van der Waals surface area contributed by atoms with E-state index < -0.39 is 17.9 Å². The van der Waals surface area contributed by atoms with Crippen LogP contribution in [0.3, 0.4) is 0 Å². The number of aliphatic carboxylic acids is 1. The Kier molecular flexibility index (Phi) is 5.34. The molecule has 0 fully saturated rings. The number of amides is 1. The highest BCUT2D eigenvalue weighted by Crippen LogP contribution is 2.34. The molecule has 2 N–H and O–H groups in total. The molecule has 0 saturated heterocycles. The molecule has 1 aromatic heterocycles. The second-order valence-electron chi connectivity index (χ2n) is 6.24. The molecule has 0 spiro atoms. The first-order chi connectivity index (χ1) is 12.1. The summed E-state index contributed by atoms with van der Waals surface area (Å²) in [5.41, 5.74) is 2.69. The minimum absolute atomic E-state index is 0.124. The molecule has 0 saturated carbocycles. The van der Waals surface area contributed by atoms with Crippen molar-refractivity contribution >= 4 is 23.5 Å². The zero-order valence-electron chi connectivity index (χ0n) is 13.6. The fraction of sp³-hybridized carbons (Fsp3) is 0.316. The molecule has 0 aliphatic heterocycles. The Bertz CT molecular complexity index is 794. The monoisotopic (exact) mass is 358 g/mol. The van der Waals surface area contributed by atoms with Crippen LogP contribution in [0.4, 0.5) is 0 Å². The molecule has 1 amide bonds. The quantitative estimate of drug-likeness (QED) is 0.858. The van der Waals surface area contributed by atoms with Gasteiger partial charge in [0.05, 0.1) is 10.6 Å². The van der Waals surface area contributed by atoms with Crippen molar-refractivity contribution < 1.29 is 14.7 Å². The van der Waals surface area contributed by atoms with E-state index in [0.29, 0.717) is 6.42 Å². The minimum Gasteiger partial charge on any atom is -0.480 e. The number of halogens is 1. The summed E-state index contributed by atoms with van der Waals surface area (Å²) in [6.45, 7) is 0. The van der Waals surface area contributed by atoms with Gasteiger partial charge in [-0.2, -0.15) is 0 Å². The predicted octanol–water partition coefficient (Wildman–Crippen LogP) is 3.43. The van der Waals surface area contributed by atoms with Crippen LogP contribution in [0.5, 0.6) is 0 Å². The van der Waals surface area contributed by atoms with E-state index in [4.69, 9.17) is 11.6 Å². The molecule has 25 heavy (non-hydrogen) atoms. The summed E-state index contributed by atoms with van der Waals surface area (Å²) >= 11 is 5.97. The van der Waals surface area contributed by atoms with Crippen molar-refractivity contribution in [1.82, 2.24) is 10.3 Å². The molecular weight excluding hydrogens is 340 g/mol. The highest BCUT2D eigenvalue weighted by atomic mass is 35.5. The Balaban J connectivity index is 1.76. The maximum absolute atomic E-state index is 12.4. The zero-order valence-corrected chi connectivity index (χ0v) is 14.4. The molecular formula is C19H19ClN2O3. The summed E-state index contributed by atoms with van der Waals surface area (Å²) in [4.78, 5) is 27.9. The number of hydrogen-bond donors (Lipinski definition) is 2. The molecule has 0 bridgehead atoms. The number of carboxylic acids is 1. The summed E-state index contributed by atoms with van der Waals surface area (Å²) in [7, 11) is 0. The molecule has 1 aliphatic rings. The van der Waals surface area contributed by atoms with Crippen molar-refractivity contribution in [2.24, 2.45) is 0 Å². The van der Waals surface area contributed by atoms with E-state index in [1.807, 2.05) is 12.1 Å². The average molecular weight is 359 g/mol. The lowest BCUT2D eigenvalue weighted by molar-refractivity contribution is -0.139. The van der Waals surface area contributed by atoms with Gasteiger partial charge >= 0.3 is 5.97 Å². The van der Waals surface area contributed by atoms with Gasteiger partial charge in [-0.05, 0) is 48.8 Å². The number of hydrogen-bond acceptors (Lipinski definition) is 3. The van der Waals surface area contributed by atoms with Crippen LogP contribution in [0.25, 0.3) is 0 Å².